The largest absolute Gasteiger partial charge is 1.00 e. The van der Waals surface area contributed by atoms with Gasteiger partial charge in [0.05, 0.1) is 20.3 Å². The maximum absolute atomic E-state index is 12.8. The Kier molecular flexibility index (Phi) is 32.7. The second kappa shape index (κ2) is 34.5. The molecule has 0 aromatic heterocycles. The van der Waals surface area contributed by atoms with Crippen molar-refractivity contribution in [2.45, 2.75) is 115 Å². The number of carboxylic acid groups (broad SMARTS) is 1. The van der Waals surface area contributed by atoms with E-state index in [1.807, 2.05) is 0 Å². The van der Waals surface area contributed by atoms with Crippen LogP contribution in [-0.4, -0.2) is 194 Å². The van der Waals surface area contributed by atoms with Gasteiger partial charge in [0.15, 0.2) is 30.7 Å². The monoisotopic (exact) mass is 1360 g/mol. The van der Waals surface area contributed by atoms with E-state index in [-0.39, 0.29) is 77.6 Å². The van der Waals surface area contributed by atoms with Gasteiger partial charge < -0.3 is 68.2 Å². The molecule has 4 saturated carbocycles. The van der Waals surface area contributed by atoms with Gasteiger partial charge in [0.1, 0.15) is 24.9 Å². The van der Waals surface area contributed by atoms with E-state index < -0.39 is 193 Å². The fraction of sp³-hybridized carbons (Fsp3) is 0.600. The molecule has 6 rings (SSSR count). The smallest absolute Gasteiger partial charge is 0.870 e. The van der Waals surface area contributed by atoms with Crippen LogP contribution in [0.15, 0.2) is 48.6 Å². The molecule has 0 spiro atoms. The molecule has 10 atom stereocenters. The second-order valence-electron chi connectivity index (χ2n) is 19.3. The zero-order chi connectivity index (χ0) is 68.7. The van der Waals surface area contributed by atoms with Crippen LogP contribution in [0.2, 0.25) is 0 Å². The van der Waals surface area contributed by atoms with Crippen molar-refractivity contribution >= 4 is 82.5 Å². The first-order chi connectivity index (χ1) is 40.0. The van der Waals surface area contributed by atoms with Crippen LogP contribution in [0, 0.1) is 34.5 Å². The quantitative estimate of drug-likeness (QED) is 0.0371. The van der Waals surface area contributed by atoms with Crippen molar-refractivity contribution in [2.24, 2.45) is 34.5 Å². The number of aliphatic carboxylic acids is 1. The molecule has 0 aromatic carbocycles. The van der Waals surface area contributed by atoms with E-state index in [1.165, 1.54) is 35.0 Å². The van der Waals surface area contributed by atoms with Gasteiger partial charge in [0, 0.05) is 40.0 Å². The fourth-order valence-electron chi connectivity index (χ4n) is 8.84. The molecule has 0 amide bonds. The molecule has 26 nitrogen and oxygen atoms in total. The maximum Gasteiger partial charge on any atom is 1.00 e. The van der Waals surface area contributed by atoms with Crippen LogP contribution in [0.4, 0.5) is 52.7 Å². The van der Waals surface area contributed by atoms with Crippen molar-refractivity contribution in [3.63, 3.8) is 0 Å². The number of fused-ring (bicyclic) bond motifs is 2. The molecule has 2 heterocycles. The predicted molar refractivity (Wildman–Crippen MR) is 261 cm³/mol. The van der Waals surface area contributed by atoms with Crippen molar-refractivity contribution in [2.75, 3.05) is 40.6 Å². The van der Waals surface area contributed by atoms with Crippen molar-refractivity contribution in [1.29, 1.82) is 0 Å². The van der Waals surface area contributed by atoms with Crippen LogP contribution >= 0.6 is 11.6 Å². The molecule has 4 bridgehead atoms. The fourth-order valence-corrected chi connectivity index (χ4v) is 8.84. The third kappa shape index (κ3) is 22.5. The first-order valence-corrected chi connectivity index (χ1v) is 24.7. The summed E-state index contributed by atoms with van der Waals surface area (Å²) in [4.78, 5) is 133. The van der Waals surface area contributed by atoms with Gasteiger partial charge in [-0.2, -0.15) is 52.7 Å². The Morgan fingerprint density at radius 2 is 0.900 bits per heavy atom. The van der Waals surface area contributed by atoms with Gasteiger partial charge in [-0.05, 0) is 70.9 Å². The summed E-state index contributed by atoms with van der Waals surface area (Å²) in [6.45, 7) is 16.7. The molecule has 4 N–H and O–H groups in total. The number of carbonyl (C=O) groups is 12. The maximum atomic E-state index is 12.8. The van der Waals surface area contributed by atoms with E-state index in [1.54, 1.807) is 6.92 Å². The van der Waals surface area contributed by atoms with E-state index in [9.17, 15) is 115 Å². The van der Waals surface area contributed by atoms with E-state index in [2.05, 4.69) is 59.5 Å². The number of carbonyl (C=O) groups excluding carboxylic acids is 11. The number of halogens is 13. The Hall–Kier alpha value is -6.87. The van der Waals surface area contributed by atoms with Crippen LogP contribution < -0.4 is 29.6 Å². The number of allylic oxidation sites excluding steroid dienone is 1. The summed E-state index contributed by atoms with van der Waals surface area (Å²) < 4.78 is 195. The standard InChI is InChI=1S/C18H16F6O8.C12H10F6O5.C7H10O4.C6H8O4.C4H5ClO.C3H6O3.Na.H2O/c1-6(2)12(26)29-5-9(25)30-10-7-3-8-11(10)31-14(27)16(8,4-7)15(28)32-13(17(19,20)21)18(22,23)24;13-11(14,15)7(12(16,17)18)23-9(21)10-2-3-1-4(10)6(5(3)19)22-8(10)20;1-5(2)7(9)11-4-6(8)10-3;1-4(2)6(9)10-3-5(7)8;1-3(2)4(5)6;1-6-3(5)2-4;;/h7-8,10-11,13H,1,3-5H2,2H3;3-7,19H,1-2H2;1,4H2,2-3H3;1,3H2,2H3,(H,7,8);1H2,2H3;4H,2H2,1H3;;1H2/q;;;;;;+1;/p-1. The molecule has 504 valence electrons. The molecule has 6 fully saturated rings. The SMILES string of the molecule is C=C(C)C(=O)Cl.C=C(C)C(=O)OCC(=O)O.C=C(C)C(=O)OCC(=O)OC.C=C(C)C(=O)OCC(=O)OC1C2CC3C1OC(=O)C3(C(=O)OC(C(F)(F)F)C(F)(F)F)C2.COC(=O)CO.O=C1OC2C(O)C3CC2C1(C(=O)OC(C(F)(F)F)C(F)(F)F)C3.[Na+].[OH-]. The first kappa shape index (κ1) is 85.2. The Labute approximate surface area is 526 Å². The number of methoxy groups -OCH3 is 2. The second-order valence-corrected chi connectivity index (χ2v) is 19.6. The first-order valence-electron chi connectivity index (χ1n) is 24.3. The average Bonchev–Trinajstić information content (AvgIpc) is 1.54. The van der Waals surface area contributed by atoms with Gasteiger partial charge in [0.25, 0.3) is 12.2 Å². The average molecular weight is 1360 g/mol. The van der Waals surface area contributed by atoms with E-state index in [4.69, 9.17) is 36.0 Å². The molecule has 40 heteroatoms. The summed E-state index contributed by atoms with van der Waals surface area (Å²) in [5.41, 5.74) is -3.68. The van der Waals surface area contributed by atoms with Crippen molar-refractivity contribution < 1.29 is 208 Å². The zero-order valence-electron chi connectivity index (χ0n) is 47.9. The molecular formula is C50H56ClF12NaO26. The van der Waals surface area contributed by atoms with Crippen LogP contribution in [0.1, 0.15) is 53.4 Å². The molecular weight excluding hydrogens is 1300 g/mol. The number of alkyl halides is 12. The number of ether oxygens (including phenoxy) is 10. The predicted octanol–water partition coefficient (Wildman–Crippen LogP) is 1.12. The third-order valence-electron chi connectivity index (χ3n) is 12.7. The number of esters is 10. The van der Waals surface area contributed by atoms with Crippen LogP contribution in [-0.2, 0) is 105 Å². The van der Waals surface area contributed by atoms with Gasteiger partial charge in [-0.15, -0.1) is 0 Å². The van der Waals surface area contributed by atoms with Gasteiger partial charge >= 0.3 is 120 Å². The molecule has 0 radical (unpaired) electrons. The summed E-state index contributed by atoms with van der Waals surface area (Å²) in [5, 5.41) is 25.2. The zero-order valence-corrected chi connectivity index (χ0v) is 50.7. The van der Waals surface area contributed by atoms with E-state index in [0.29, 0.717) is 5.57 Å². The minimum atomic E-state index is -5.94. The molecule has 4 aliphatic carbocycles. The van der Waals surface area contributed by atoms with Gasteiger partial charge in [0.2, 0.25) is 5.24 Å². The summed E-state index contributed by atoms with van der Waals surface area (Å²) in [6, 6.07) is 0. The normalized spacial score (nSPS) is 23.9. The molecule has 10 unspecified atom stereocenters. The van der Waals surface area contributed by atoms with E-state index >= 15 is 0 Å². The van der Waals surface area contributed by atoms with Crippen LogP contribution in [0.3, 0.4) is 0 Å². The Balaban J connectivity index is 0. The minimum Gasteiger partial charge on any atom is -0.870 e. The minimum absolute atomic E-state index is 0. The summed E-state index contributed by atoms with van der Waals surface area (Å²) in [6.07, 6.45) is -37.7. The number of hydrogen-bond donors (Lipinski definition) is 3. The van der Waals surface area contributed by atoms with Gasteiger partial charge in [-0.3, -0.25) is 24.0 Å². The number of carboxylic acids is 1. The number of aliphatic hydroxyl groups excluding tert-OH is 2. The van der Waals surface area contributed by atoms with Crippen molar-refractivity contribution in [1.82, 2.24) is 0 Å². The number of aliphatic hydroxyl groups is 2. The van der Waals surface area contributed by atoms with Crippen molar-refractivity contribution in [3.05, 3.63) is 48.6 Å². The number of hydrogen-bond acceptors (Lipinski definition) is 25. The molecule has 2 saturated heterocycles. The van der Waals surface area contributed by atoms with E-state index in [0.717, 1.165) is 0 Å². The third-order valence-corrected chi connectivity index (χ3v) is 13.1. The Morgan fingerprint density at radius 3 is 1.20 bits per heavy atom. The molecule has 2 aliphatic heterocycles. The number of rotatable bonds is 16. The van der Waals surface area contributed by atoms with Gasteiger partial charge in [-0.1, -0.05) is 26.3 Å². The summed E-state index contributed by atoms with van der Waals surface area (Å²) in [5.74, 6) is -15.4. The summed E-state index contributed by atoms with van der Waals surface area (Å²) in [7, 11) is 2.44. The van der Waals surface area contributed by atoms with Gasteiger partial charge in [-0.25, -0.2) is 33.6 Å². The molecule has 6 aliphatic rings. The molecule has 0 aromatic rings. The topological polar surface area (TPSA) is 388 Å². The van der Waals surface area contributed by atoms with Crippen LogP contribution in [0.5, 0.6) is 0 Å². The Bertz CT molecular complexity index is 2690. The summed E-state index contributed by atoms with van der Waals surface area (Å²) >= 11 is 4.87. The van der Waals surface area contributed by atoms with Crippen LogP contribution in [0.25, 0.3) is 0 Å². The molecule has 90 heavy (non-hydrogen) atoms. The van der Waals surface area contributed by atoms with Crippen molar-refractivity contribution in [3.8, 4) is 0 Å². The Morgan fingerprint density at radius 1 is 0.578 bits per heavy atom.